The molecule has 2 aliphatic rings. The lowest BCUT2D eigenvalue weighted by Crippen LogP contribution is -2.25. The Morgan fingerprint density at radius 1 is 0.661 bits per heavy atom. The molecule has 1 fully saturated rings. The highest BCUT2D eigenvalue weighted by molar-refractivity contribution is 6.11. The monoisotopic (exact) mass is 777 g/mol. The number of fused-ring (bicyclic) bond motifs is 3. The Labute approximate surface area is 351 Å². The van der Waals surface area contributed by atoms with E-state index in [1.54, 1.807) is 0 Å². The van der Waals surface area contributed by atoms with E-state index in [0.29, 0.717) is 17.8 Å². The highest BCUT2D eigenvalue weighted by Crippen LogP contribution is 2.44. The summed E-state index contributed by atoms with van der Waals surface area (Å²) in [5.74, 6) is 1.96. The second-order valence-corrected chi connectivity index (χ2v) is 18.9. The summed E-state index contributed by atoms with van der Waals surface area (Å²) in [7, 11) is 0. The third kappa shape index (κ3) is 7.41. The van der Waals surface area contributed by atoms with Crippen molar-refractivity contribution in [1.29, 1.82) is 0 Å². The maximum absolute atomic E-state index is 7.16. The van der Waals surface area contributed by atoms with Gasteiger partial charge < -0.3 is 9.30 Å². The van der Waals surface area contributed by atoms with Gasteiger partial charge in [-0.2, -0.15) is 0 Å². The van der Waals surface area contributed by atoms with E-state index in [2.05, 4.69) is 175 Å². The Kier molecular flexibility index (Phi) is 10.3. The zero-order valence-corrected chi connectivity index (χ0v) is 36.2. The van der Waals surface area contributed by atoms with Gasteiger partial charge in [0.25, 0.3) is 0 Å². The zero-order valence-electron chi connectivity index (χ0n) is 36.2. The van der Waals surface area contributed by atoms with Crippen molar-refractivity contribution < 1.29 is 4.74 Å². The molecule has 300 valence electrons. The smallest absolute Gasteiger partial charge is 0.217 e. The van der Waals surface area contributed by atoms with E-state index in [4.69, 9.17) is 14.7 Å². The number of hydrogen-bond donors (Lipinski definition) is 0. The highest BCUT2D eigenvalue weighted by Gasteiger charge is 2.39. The van der Waals surface area contributed by atoms with E-state index < -0.39 is 0 Å². The molecule has 0 N–H and O–H groups in total. The molecular weight excluding hydrogens is 719 g/mol. The van der Waals surface area contributed by atoms with Crippen LogP contribution in [-0.2, 0) is 10.2 Å². The quantitative estimate of drug-likeness (QED) is 0.154. The van der Waals surface area contributed by atoms with Crippen LogP contribution in [0.25, 0.3) is 49.9 Å². The number of aliphatic imine (C=N–C) groups is 1. The maximum Gasteiger partial charge on any atom is 0.217 e. The van der Waals surface area contributed by atoms with Crippen LogP contribution in [0.1, 0.15) is 132 Å². The summed E-state index contributed by atoms with van der Waals surface area (Å²) in [6, 6.07) is 43.1. The summed E-state index contributed by atoms with van der Waals surface area (Å²) in [5.41, 5.74) is 15.6. The number of nitrogens with zero attached hydrogens (tertiary/aromatic N) is 3. The minimum Gasteiger partial charge on any atom is -0.467 e. The van der Waals surface area contributed by atoms with Crippen molar-refractivity contribution in [2.45, 2.75) is 117 Å². The largest absolute Gasteiger partial charge is 0.467 e. The van der Waals surface area contributed by atoms with Crippen LogP contribution in [0.2, 0.25) is 0 Å². The fourth-order valence-electron chi connectivity index (χ4n) is 9.82. The Bertz CT molecular complexity index is 2660. The van der Waals surface area contributed by atoms with Crippen LogP contribution in [-0.4, -0.2) is 21.5 Å². The fraction of sp³-hybridized carbons (Fsp3) is 0.345. The van der Waals surface area contributed by atoms with Crippen molar-refractivity contribution in [3.63, 3.8) is 0 Å². The van der Waals surface area contributed by atoms with Gasteiger partial charge in [0.1, 0.15) is 6.10 Å². The van der Waals surface area contributed by atoms with Crippen LogP contribution < -0.4 is 0 Å². The van der Waals surface area contributed by atoms with Crippen molar-refractivity contribution in [2.75, 3.05) is 0 Å². The molecule has 4 nitrogen and oxygen atoms in total. The standard InChI is InChI=1S/C55H59N3O/c1-34(2)44-20-15-21-45(35(3)4)51(44)40-29-41(54-57-52(37-16-11-9-12-17-37)53(59-54)38-18-13-10-14-19-38)31-43(30-40)58-49-25-22-36(5)28-47(49)46-24-23-39(32-50(46)58)48-33-42(26-27-56-48)55(6,7)8/h10,13-15,18-35,37,52-53H,9,11-12,16-17H2,1-8H3/t52-,53-/m1/s1. The molecule has 0 unspecified atom stereocenters. The van der Waals surface area contributed by atoms with Gasteiger partial charge in [-0.25, -0.2) is 4.99 Å². The molecule has 2 atom stereocenters. The van der Waals surface area contributed by atoms with Crippen molar-refractivity contribution in [3.8, 4) is 28.1 Å². The number of aromatic nitrogens is 2. The lowest BCUT2D eigenvalue weighted by Gasteiger charge is -2.29. The van der Waals surface area contributed by atoms with Gasteiger partial charge in [-0.3, -0.25) is 4.98 Å². The summed E-state index contributed by atoms with van der Waals surface area (Å²) in [6.45, 7) is 18.2. The van der Waals surface area contributed by atoms with Crippen LogP contribution in [0, 0.1) is 12.8 Å². The van der Waals surface area contributed by atoms with Crippen LogP contribution >= 0.6 is 0 Å². The molecule has 0 bridgehead atoms. The van der Waals surface area contributed by atoms with Gasteiger partial charge in [0.15, 0.2) is 0 Å². The van der Waals surface area contributed by atoms with Gasteiger partial charge in [0.2, 0.25) is 5.90 Å². The van der Waals surface area contributed by atoms with Crippen molar-refractivity contribution in [2.24, 2.45) is 10.9 Å². The first-order valence-electron chi connectivity index (χ1n) is 22.0. The fourth-order valence-corrected chi connectivity index (χ4v) is 9.82. The molecule has 4 heteroatoms. The molecule has 1 aliphatic heterocycles. The molecule has 7 aromatic rings. The molecule has 0 amide bonds. The van der Waals surface area contributed by atoms with Crippen LogP contribution in [0.3, 0.4) is 0 Å². The molecule has 1 saturated carbocycles. The van der Waals surface area contributed by atoms with Gasteiger partial charge in [0, 0.05) is 33.8 Å². The molecular formula is C55H59N3O. The Morgan fingerprint density at radius 2 is 1.39 bits per heavy atom. The van der Waals surface area contributed by atoms with E-state index in [-0.39, 0.29) is 17.6 Å². The predicted octanol–water partition coefficient (Wildman–Crippen LogP) is 14.8. The second-order valence-electron chi connectivity index (χ2n) is 18.9. The SMILES string of the molecule is Cc1ccc2c(c1)c1ccc(-c3cc(C(C)(C)C)ccn3)cc1n2-c1cc(C2=N[C@H](C3CCCCC3)[C@@H](c3ccccc3)O2)cc(-c2c(C(C)C)cccc2C(C)C)c1. The summed E-state index contributed by atoms with van der Waals surface area (Å²) < 4.78 is 9.63. The molecule has 1 aliphatic carbocycles. The Morgan fingerprint density at radius 3 is 2.10 bits per heavy atom. The summed E-state index contributed by atoms with van der Waals surface area (Å²) >= 11 is 0. The third-order valence-electron chi connectivity index (χ3n) is 13.0. The number of ether oxygens (including phenoxy) is 1. The zero-order chi connectivity index (χ0) is 41.0. The predicted molar refractivity (Wildman–Crippen MR) is 248 cm³/mol. The molecule has 0 spiro atoms. The van der Waals surface area contributed by atoms with Crippen molar-refractivity contribution >= 4 is 27.7 Å². The van der Waals surface area contributed by atoms with E-state index in [0.717, 1.165) is 33.9 Å². The number of rotatable bonds is 8. The van der Waals surface area contributed by atoms with Crippen LogP contribution in [0.4, 0.5) is 0 Å². The molecule has 59 heavy (non-hydrogen) atoms. The maximum atomic E-state index is 7.16. The highest BCUT2D eigenvalue weighted by atomic mass is 16.5. The second kappa shape index (κ2) is 15.6. The summed E-state index contributed by atoms with van der Waals surface area (Å²) in [5, 5.41) is 2.48. The average Bonchev–Trinajstić information content (AvgIpc) is 3.83. The number of benzene rings is 5. The number of aryl methyl sites for hydroxylation is 1. The van der Waals surface area contributed by atoms with Crippen LogP contribution in [0.5, 0.6) is 0 Å². The first-order valence-corrected chi connectivity index (χ1v) is 22.0. The molecule has 9 rings (SSSR count). The summed E-state index contributed by atoms with van der Waals surface area (Å²) in [6.07, 6.45) is 8.10. The minimum atomic E-state index is -0.106. The lowest BCUT2D eigenvalue weighted by atomic mass is 9.81. The minimum absolute atomic E-state index is 0.0206. The molecule has 0 radical (unpaired) electrons. The van der Waals surface area contributed by atoms with E-state index in [9.17, 15) is 0 Å². The average molecular weight is 778 g/mol. The first-order chi connectivity index (χ1) is 28.4. The lowest BCUT2D eigenvalue weighted by molar-refractivity contribution is 0.150. The molecule has 2 aromatic heterocycles. The Hall–Kier alpha value is -5.48. The van der Waals surface area contributed by atoms with Gasteiger partial charge in [-0.1, -0.05) is 140 Å². The van der Waals surface area contributed by atoms with E-state index in [1.807, 2.05) is 6.20 Å². The Balaban J connectivity index is 1.31. The van der Waals surface area contributed by atoms with Gasteiger partial charge in [-0.05, 0) is 125 Å². The van der Waals surface area contributed by atoms with Gasteiger partial charge in [0.05, 0.1) is 22.8 Å². The van der Waals surface area contributed by atoms with E-state index >= 15 is 0 Å². The molecule has 3 heterocycles. The number of pyridine rings is 1. The molecule has 5 aromatic carbocycles. The van der Waals surface area contributed by atoms with Crippen LogP contribution in [0.15, 0.2) is 126 Å². The van der Waals surface area contributed by atoms with Gasteiger partial charge >= 0.3 is 0 Å². The van der Waals surface area contributed by atoms with Crippen molar-refractivity contribution in [3.05, 3.63) is 155 Å². The topological polar surface area (TPSA) is 39.4 Å². The first kappa shape index (κ1) is 39.0. The van der Waals surface area contributed by atoms with Gasteiger partial charge in [-0.15, -0.1) is 0 Å². The molecule has 0 saturated heterocycles. The van der Waals surface area contributed by atoms with E-state index in [1.165, 1.54) is 87.3 Å². The van der Waals surface area contributed by atoms with Crippen molar-refractivity contribution in [1.82, 2.24) is 9.55 Å². The normalized spacial score (nSPS) is 17.6. The third-order valence-corrected chi connectivity index (χ3v) is 13.0. The number of hydrogen-bond acceptors (Lipinski definition) is 3. The summed E-state index contributed by atoms with van der Waals surface area (Å²) in [4.78, 5) is 10.5.